The van der Waals surface area contributed by atoms with E-state index >= 15 is 0 Å². The van der Waals surface area contributed by atoms with Crippen molar-refractivity contribution < 1.29 is 13.6 Å². The van der Waals surface area contributed by atoms with Gasteiger partial charge in [0.2, 0.25) is 5.91 Å². The summed E-state index contributed by atoms with van der Waals surface area (Å²) in [6.07, 6.45) is 0.610. The first-order valence-corrected chi connectivity index (χ1v) is 6.67. The van der Waals surface area contributed by atoms with Gasteiger partial charge in [0.1, 0.15) is 12.2 Å². The molecule has 1 N–H and O–H groups in total. The zero-order valence-corrected chi connectivity index (χ0v) is 11.4. The first-order chi connectivity index (χ1) is 9.56. The van der Waals surface area contributed by atoms with E-state index in [0.29, 0.717) is 13.1 Å². The summed E-state index contributed by atoms with van der Waals surface area (Å²) in [6.45, 7) is 1.50. The van der Waals surface area contributed by atoms with Crippen LogP contribution in [0.4, 0.5) is 8.78 Å². The molecule has 1 fully saturated rings. The van der Waals surface area contributed by atoms with Gasteiger partial charge in [-0.15, -0.1) is 0 Å². The van der Waals surface area contributed by atoms with Gasteiger partial charge in [-0.05, 0) is 19.4 Å². The number of piperidine rings is 1. The number of rotatable bonds is 5. The normalized spacial score (nSPS) is 20.3. The molecule has 1 amide bonds. The fourth-order valence-corrected chi connectivity index (χ4v) is 2.40. The molecule has 1 aliphatic heterocycles. The largest absolute Gasteiger partial charge is 0.350 e. The van der Waals surface area contributed by atoms with E-state index in [1.165, 1.54) is 6.33 Å². The van der Waals surface area contributed by atoms with Crippen molar-refractivity contribution in [3.05, 3.63) is 12.2 Å². The van der Waals surface area contributed by atoms with Crippen LogP contribution >= 0.6 is 0 Å². The second-order valence-corrected chi connectivity index (χ2v) is 5.01. The van der Waals surface area contributed by atoms with Crippen molar-refractivity contribution in [3.63, 3.8) is 0 Å². The van der Waals surface area contributed by atoms with Crippen LogP contribution in [-0.2, 0) is 18.4 Å². The van der Waals surface area contributed by atoms with Gasteiger partial charge < -0.3 is 5.32 Å². The summed E-state index contributed by atoms with van der Waals surface area (Å²) in [7, 11) is 1.82. The Morgan fingerprint density at radius 1 is 1.60 bits per heavy atom. The number of hydrogen-bond donors (Lipinski definition) is 1. The Hall–Kier alpha value is -1.57. The molecule has 0 saturated carbocycles. The Kier molecular flexibility index (Phi) is 4.99. The van der Waals surface area contributed by atoms with Crippen LogP contribution in [0.3, 0.4) is 0 Å². The van der Waals surface area contributed by atoms with Crippen molar-refractivity contribution in [2.24, 2.45) is 13.0 Å². The van der Waals surface area contributed by atoms with Crippen molar-refractivity contribution in [2.75, 3.05) is 19.6 Å². The number of alkyl halides is 2. The van der Waals surface area contributed by atoms with Crippen molar-refractivity contribution in [1.29, 1.82) is 0 Å². The molecule has 1 aliphatic rings. The fourth-order valence-electron chi connectivity index (χ4n) is 2.40. The second-order valence-electron chi connectivity index (χ2n) is 5.01. The van der Waals surface area contributed by atoms with Gasteiger partial charge in [-0.1, -0.05) is 0 Å². The molecule has 1 aromatic heterocycles. The van der Waals surface area contributed by atoms with E-state index in [2.05, 4.69) is 20.3 Å². The van der Waals surface area contributed by atoms with E-state index < -0.39 is 13.0 Å². The molecule has 1 atom stereocenters. The molecule has 6 nitrogen and oxygen atoms in total. The van der Waals surface area contributed by atoms with Crippen molar-refractivity contribution >= 4 is 5.91 Å². The third-order valence-electron chi connectivity index (χ3n) is 3.48. The summed E-state index contributed by atoms with van der Waals surface area (Å²) in [5, 5.41) is 6.30. The summed E-state index contributed by atoms with van der Waals surface area (Å²) in [5.41, 5.74) is 0. The zero-order valence-electron chi connectivity index (χ0n) is 11.4. The summed E-state index contributed by atoms with van der Waals surface area (Å²) in [6, 6.07) is 0. The van der Waals surface area contributed by atoms with Gasteiger partial charge in [0.15, 0.2) is 0 Å². The lowest BCUT2D eigenvalue weighted by molar-refractivity contribution is -0.127. The number of hydrogen-bond acceptors (Lipinski definition) is 4. The van der Waals surface area contributed by atoms with Crippen LogP contribution in [0.1, 0.15) is 18.7 Å². The first-order valence-electron chi connectivity index (χ1n) is 6.67. The fraction of sp³-hybridized carbons (Fsp3) is 0.750. The molecule has 0 spiro atoms. The molecule has 20 heavy (non-hydrogen) atoms. The zero-order chi connectivity index (χ0) is 14.5. The minimum atomic E-state index is -2.50. The van der Waals surface area contributed by atoms with Crippen LogP contribution in [0.25, 0.3) is 0 Å². The van der Waals surface area contributed by atoms with Gasteiger partial charge in [0.05, 0.1) is 19.0 Å². The van der Waals surface area contributed by atoms with E-state index in [0.717, 1.165) is 25.2 Å². The molecule has 0 radical (unpaired) electrons. The molecule has 1 unspecified atom stereocenters. The maximum Gasteiger partial charge on any atom is 0.255 e. The Morgan fingerprint density at radius 3 is 3.05 bits per heavy atom. The van der Waals surface area contributed by atoms with E-state index in [1.54, 1.807) is 4.68 Å². The number of aromatic nitrogens is 3. The highest BCUT2D eigenvalue weighted by atomic mass is 19.3. The number of carbonyl (C=O) groups is 1. The smallest absolute Gasteiger partial charge is 0.255 e. The molecule has 0 aliphatic carbocycles. The quantitative estimate of drug-likeness (QED) is 0.852. The molecule has 0 bridgehead atoms. The number of aryl methyl sites for hydroxylation is 1. The van der Waals surface area contributed by atoms with Crippen LogP contribution in [-0.4, -0.2) is 51.6 Å². The number of likely N-dealkylation sites (tertiary alicyclic amines) is 1. The number of carbonyl (C=O) groups excluding carboxylic acids is 1. The van der Waals surface area contributed by atoms with E-state index in [4.69, 9.17) is 0 Å². The summed E-state index contributed by atoms with van der Waals surface area (Å²) in [5.74, 6) is 0.322. The van der Waals surface area contributed by atoms with Crippen molar-refractivity contribution in [2.45, 2.75) is 25.8 Å². The summed E-state index contributed by atoms with van der Waals surface area (Å²) < 4.78 is 25.9. The monoisotopic (exact) mass is 287 g/mol. The third kappa shape index (κ3) is 3.96. The highest BCUT2D eigenvalue weighted by Gasteiger charge is 2.26. The van der Waals surface area contributed by atoms with Crippen LogP contribution in [0, 0.1) is 5.92 Å². The molecule has 112 valence electrons. The lowest BCUT2D eigenvalue weighted by Gasteiger charge is -2.31. The predicted octanol–water partition coefficient (Wildman–Crippen LogP) is 0.408. The standard InChI is InChI=1S/C12H19F2N5O/c1-18-11(16-8-17-18)7-19-4-2-3-9(6-19)12(20)15-5-10(13)14/h8-10H,2-7H2,1H3,(H,15,20). The summed E-state index contributed by atoms with van der Waals surface area (Å²) >= 11 is 0. The van der Waals surface area contributed by atoms with Crippen LogP contribution in [0.5, 0.6) is 0 Å². The van der Waals surface area contributed by atoms with Gasteiger partial charge >= 0.3 is 0 Å². The number of nitrogens with zero attached hydrogens (tertiary/aromatic N) is 4. The Morgan fingerprint density at radius 2 is 2.40 bits per heavy atom. The van der Waals surface area contributed by atoms with Gasteiger partial charge in [-0.3, -0.25) is 14.4 Å². The van der Waals surface area contributed by atoms with Gasteiger partial charge in [0, 0.05) is 13.6 Å². The minimum absolute atomic E-state index is 0.226. The highest BCUT2D eigenvalue weighted by molar-refractivity contribution is 5.78. The molecule has 1 aromatic rings. The second kappa shape index (κ2) is 6.74. The SMILES string of the molecule is Cn1ncnc1CN1CCCC(C(=O)NCC(F)F)C1. The Balaban J connectivity index is 1.85. The van der Waals surface area contributed by atoms with E-state index in [1.807, 2.05) is 7.05 Å². The summed E-state index contributed by atoms with van der Waals surface area (Å²) in [4.78, 5) is 18.1. The van der Waals surface area contributed by atoms with E-state index in [9.17, 15) is 13.6 Å². The Bertz CT molecular complexity index is 451. The molecule has 2 rings (SSSR count). The maximum atomic E-state index is 12.1. The average Bonchev–Trinajstić information content (AvgIpc) is 2.82. The minimum Gasteiger partial charge on any atom is -0.350 e. The first kappa shape index (κ1) is 14.8. The third-order valence-corrected chi connectivity index (χ3v) is 3.48. The maximum absolute atomic E-state index is 12.1. The molecular weight excluding hydrogens is 268 g/mol. The molecular formula is C12H19F2N5O. The van der Waals surface area contributed by atoms with Gasteiger partial charge in [-0.2, -0.15) is 5.10 Å². The predicted molar refractivity (Wildman–Crippen MR) is 68.0 cm³/mol. The number of halogens is 2. The van der Waals surface area contributed by atoms with Crippen molar-refractivity contribution in [1.82, 2.24) is 25.0 Å². The van der Waals surface area contributed by atoms with Crippen molar-refractivity contribution in [3.8, 4) is 0 Å². The lowest BCUT2D eigenvalue weighted by atomic mass is 9.97. The van der Waals surface area contributed by atoms with Gasteiger partial charge in [-0.25, -0.2) is 13.8 Å². The Labute approximate surface area is 116 Å². The average molecular weight is 287 g/mol. The highest BCUT2D eigenvalue weighted by Crippen LogP contribution is 2.18. The van der Waals surface area contributed by atoms with Crippen LogP contribution in [0.15, 0.2) is 6.33 Å². The molecule has 2 heterocycles. The van der Waals surface area contributed by atoms with E-state index in [-0.39, 0.29) is 11.8 Å². The van der Waals surface area contributed by atoms with Crippen LogP contribution in [0.2, 0.25) is 0 Å². The van der Waals surface area contributed by atoms with Crippen LogP contribution < -0.4 is 5.32 Å². The lowest BCUT2D eigenvalue weighted by Crippen LogP contribution is -2.43. The van der Waals surface area contributed by atoms with Gasteiger partial charge in [0.25, 0.3) is 6.43 Å². The molecule has 1 saturated heterocycles. The number of amides is 1. The number of nitrogens with one attached hydrogen (secondary N) is 1. The molecule has 0 aromatic carbocycles. The molecule has 8 heteroatoms. The topological polar surface area (TPSA) is 63.1 Å².